The van der Waals surface area contributed by atoms with Crippen molar-refractivity contribution in [1.29, 1.82) is 0 Å². The number of nitrogens with one attached hydrogen (secondary N) is 1. The van der Waals surface area contributed by atoms with Crippen molar-refractivity contribution in [2.45, 2.75) is 38.6 Å². The first-order valence-electron chi connectivity index (χ1n) is 9.45. The Morgan fingerprint density at radius 3 is 2.78 bits per heavy atom. The maximum absolute atomic E-state index is 12.4. The number of amides is 1. The molecule has 1 fully saturated rings. The Bertz CT molecular complexity index is 803. The van der Waals surface area contributed by atoms with E-state index in [0.29, 0.717) is 55.3 Å². The minimum Gasteiger partial charge on any atom is -0.486 e. The molecular formula is C19H24N4O4. The standard InChI is InChI=1S/C19H24N4O4/c1-2-23(12-18-21-22-19(27-18)13-4-3-5-13)11-17(24)20-14-6-7-15-16(10-14)26-9-8-25-15/h6-7,10,13H,2-5,8-9,11-12H2,1H3,(H,20,24). The van der Waals surface area contributed by atoms with E-state index in [4.69, 9.17) is 13.9 Å². The van der Waals surface area contributed by atoms with Crippen molar-refractivity contribution in [3.63, 3.8) is 0 Å². The highest BCUT2D eigenvalue weighted by Crippen LogP contribution is 2.35. The van der Waals surface area contributed by atoms with E-state index < -0.39 is 0 Å². The molecule has 1 aromatic carbocycles. The zero-order valence-corrected chi connectivity index (χ0v) is 15.4. The van der Waals surface area contributed by atoms with Gasteiger partial charge in [-0.1, -0.05) is 13.3 Å². The van der Waals surface area contributed by atoms with Gasteiger partial charge in [0.2, 0.25) is 17.7 Å². The van der Waals surface area contributed by atoms with Crippen molar-refractivity contribution in [3.05, 3.63) is 30.0 Å². The van der Waals surface area contributed by atoms with Crippen molar-refractivity contribution >= 4 is 11.6 Å². The van der Waals surface area contributed by atoms with E-state index in [1.807, 2.05) is 24.0 Å². The van der Waals surface area contributed by atoms with Crippen molar-refractivity contribution in [2.75, 3.05) is 31.6 Å². The second-order valence-electron chi connectivity index (χ2n) is 6.87. The summed E-state index contributed by atoms with van der Waals surface area (Å²) in [5.74, 6) is 2.96. The molecule has 1 aliphatic carbocycles. The fourth-order valence-corrected chi connectivity index (χ4v) is 3.15. The molecule has 2 heterocycles. The van der Waals surface area contributed by atoms with Crippen LogP contribution in [0.25, 0.3) is 0 Å². The number of carbonyl (C=O) groups is 1. The van der Waals surface area contributed by atoms with Crippen molar-refractivity contribution in [1.82, 2.24) is 15.1 Å². The summed E-state index contributed by atoms with van der Waals surface area (Å²) in [7, 11) is 0. The van der Waals surface area contributed by atoms with E-state index in [9.17, 15) is 4.79 Å². The number of anilines is 1. The van der Waals surface area contributed by atoms with Crippen LogP contribution in [0.15, 0.2) is 22.6 Å². The Hall–Kier alpha value is -2.61. The number of fused-ring (bicyclic) bond motifs is 1. The van der Waals surface area contributed by atoms with E-state index in [-0.39, 0.29) is 12.5 Å². The number of nitrogens with zero attached hydrogens (tertiary/aromatic N) is 3. The van der Waals surface area contributed by atoms with Crippen LogP contribution in [0, 0.1) is 0 Å². The molecule has 1 N–H and O–H groups in total. The topological polar surface area (TPSA) is 89.7 Å². The Kier molecular flexibility index (Phi) is 5.24. The van der Waals surface area contributed by atoms with Crippen LogP contribution in [0.5, 0.6) is 11.5 Å². The number of likely N-dealkylation sites (N-methyl/N-ethyl adjacent to an activating group) is 1. The van der Waals surface area contributed by atoms with Crippen LogP contribution in [0.3, 0.4) is 0 Å². The normalized spacial score (nSPS) is 16.2. The average molecular weight is 372 g/mol. The van der Waals surface area contributed by atoms with Crippen LogP contribution in [-0.4, -0.2) is 47.3 Å². The second-order valence-corrected chi connectivity index (χ2v) is 6.87. The molecule has 0 radical (unpaired) electrons. The van der Waals surface area contributed by atoms with E-state index in [2.05, 4.69) is 15.5 Å². The predicted octanol–water partition coefficient (Wildman–Crippen LogP) is 2.57. The first-order valence-corrected chi connectivity index (χ1v) is 9.45. The van der Waals surface area contributed by atoms with Gasteiger partial charge in [-0.3, -0.25) is 9.69 Å². The molecule has 1 aliphatic heterocycles. The van der Waals surface area contributed by atoms with E-state index >= 15 is 0 Å². The number of hydrogen-bond donors (Lipinski definition) is 1. The molecule has 1 amide bonds. The summed E-state index contributed by atoms with van der Waals surface area (Å²) in [6.45, 7) is 4.47. The van der Waals surface area contributed by atoms with Gasteiger partial charge < -0.3 is 19.2 Å². The van der Waals surface area contributed by atoms with E-state index in [0.717, 1.165) is 18.7 Å². The summed E-state index contributed by atoms with van der Waals surface area (Å²) in [6.07, 6.45) is 3.47. The molecule has 0 saturated heterocycles. The third kappa shape index (κ3) is 4.21. The molecule has 1 saturated carbocycles. The Morgan fingerprint density at radius 2 is 2.04 bits per heavy atom. The lowest BCUT2D eigenvalue weighted by molar-refractivity contribution is -0.117. The molecule has 4 rings (SSSR count). The molecule has 0 atom stereocenters. The number of hydrogen-bond acceptors (Lipinski definition) is 7. The highest BCUT2D eigenvalue weighted by Gasteiger charge is 2.25. The minimum absolute atomic E-state index is 0.104. The SMILES string of the molecule is CCN(CC(=O)Nc1ccc2c(c1)OCCO2)Cc1nnc(C2CCC2)o1. The minimum atomic E-state index is -0.104. The molecule has 0 unspecified atom stereocenters. The molecule has 144 valence electrons. The first-order chi connectivity index (χ1) is 13.2. The monoisotopic (exact) mass is 372 g/mol. The third-order valence-electron chi connectivity index (χ3n) is 4.94. The fourth-order valence-electron chi connectivity index (χ4n) is 3.15. The van der Waals surface area contributed by atoms with Gasteiger partial charge in [0.05, 0.1) is 13.1 Å². The molecular weight excluding hydrogens is 348 g/mol. The highest BCUT2D eigenvalue weighted by molar-refractivity contribution is 5.92. The lowest BCUT2D eigenvalue weighted by Gasteiger charge is -2.21. The summed E-state index contributed by atoms with van der Waals surface area (Å²) in [5, 5.41) is 11.2. The van der Waals surface area contributed by atoms with Crippen LogP contribution < -0.4 is 14.8 Å². The van der Waals surface area contributed by atoms with Gasteiger partial charge in [0.1, 0.15) is 13.2 Å². The smallest absolute Gasteiger partial charge is 0.238 e. The molecule has 0 bridgehead atoms. The lowest BCUT2D eigenvalue weighted by Crippen LogP contribution is -2.32. The summed E-state index contributed by atoms with van der Waals surface area (Å²) in [5.41, 5.74) is 0.686. The van der Waals surface area contributed by atoms with Crippen LogP contribution in [0.2, 0.25) is 0 Å². The third-order valence-corrected chi connectivity index (χ3v) is 4.94. The van der Waals surface area contributed by atoms with Gasteiger partial charge in [0, 0.05) is 17.7 Å². The van der Waals surface area contributed by atoms with Gasteiger partial charge in [0.15, 0.2) is 11.5 Å². The molecule has 8 heteroatoms. The van der Waals surface area contributed by atoms with Crippen molar-refractivity contribution in [3.8, 4) is 11.5 Å². The number of benzene rings is 1. The number of rotatable bonds is 7. The maximum Gasteiger partial charge on any atom is 0.238 e. The number of carbonyl (C=O) groups excluding carboxylic acids is 1. The maximum atomic E-state index is 12.4. The van der Waals surface area contributed by atoms with Crippen molar-refractivity contribution < 1.29 is 18.7 Å². The van der Waals surface area contributed by atoms with E-state index in [1.165, 1.54) is 6.42 Å². The molecule has 8 nitrogen and oxygen atoms in total. The average Bonchev–Trinajstić information content (AvgIpc) is 3.07. The summed E-state index contributed by atoms with van der Waals surface area (Å²) in [4.78, 5) is 14.4. The Balaban J connectivity index is 1.32. The molecule has 27 heavy (non-hydrogen) atoms. The van der Waals surface area contributed by atoms with Gasteiger partial charge >= 0.3 is 0 Å². The number of ether oxygens (including phenoxy) is 2. The van der Waals surface area contributed by atoms with Crippen molar-refractivity contribution in [2.24, 2.45) is 0 Å². The Labute approximate surface area is 157 Å². The quantitative estimate of drug-likeness (QED) is 0.799. The van der Waals surface area contributed by atoms with Crippen LogP contribution >= 0.6 is 0 Å². The predicted molar refractivity (Wildman–Crippen MR) is 97.9 cm³/mol. The summed E-state index contributed by atoms with van der Waals surface area (Å²) in [6, 6.07) is 5.40. The van der Waals surface area contributed by atoms with Gasteiger partial charge in [-0.15, -0.1) is 10.2 Å². The Morgan fingerprint density at radius 1 is 1.22 bits per heavy atom. The van der Waals surface area contributed by atoms with E-state index in [1.54, 1.807) is 6.07 Å². The van der Waals surface area contributed by atoms with Crippen LogP contribution in [0.1, 0.15) is 43.9 Å². The van der Waals surface area contributed by atoms with Gasteiger partial charge in [-0.25, -0.2) is 0 Å². The highest BCUT2D eigenvalue weighted by atomic mass is 16.6. The largest absolute Gasteiger partial charge is 0.486 e. The fraction of sp³-hybridized carbons (Fsp3) is 0.526. The molecule has 2 aliphatic rings. The molecule has 2 aromatic rings. The zero-order chi connectivity index (χ0) is 18.6. The summed E-state index contributed by atoms with van der Waals surface area (Å²) >= 11 is 0. The molecule has 0 spiro atoms. The van der Waals surface area contributed by atoms with Gasteiger partial charge in [-0.2, -0.15) is 0 Å². The zero-order valence-electron chi connectivity index (χ0n) is 15.4. The van der Waals surface area contributed by atoms with Crippen LogP contribution in [-0.2, 0) is 11.3 Å². The molecule has 1 aromatic heterocycles. The number of aromatic nitrogens is 2. The lowest BCUT2D eigenvalue weighted by atomic mass is 9.85. The first kappa shape index (κ1) is 17.8. The van der Waals surface area contributed by atoms with Crippen LogP contribution in [0.4, 0.5) is 5.69 Å². The second kappa shape index (κ2) is 7.96. The van der Waals surface area contributed by atoms with Gasteiger partial charge in [-0.05, 0) is 31.5 Å². The van der Waals surface area contributed by atoms with Gasteiger partial charge in [0.25, 0.3) is 0 Å². The summed E-state index contributed by atoms with van der Waals surface area (Å²) < 4.78 is 16.8.